The molecule has 0 spiro atoms. The fraction of sp³-hybridized carbons (Fsp3) is 0.176. The van der Waals surface area contributed by atoms with Crippen molar-refractivity contribution in [2.45, 2.75) is 6.92 Å². The largest absolute Gasteiger partial charge is 0.383 e. The number of carbonyl (C=O) groups is 1. The summed E-state index contributed by atoms with van der Waals surface area (Å²) in [6.45, 7) is 1.62. The number of hydrogen-bond acceptors (Lipinski definition) is 5. The molecule has 8 nitrogen and oxygen atoms in total. The zero-order valence-corrected chi connectivity index (χ0v) is 14.0. The van der Waals surface area contributed by atoms with Crippen LogP contribution in [0, 0.1) is 6.92 Å². The molecule has 0 saturated carbocycles. The van der Waals surface area contributed by atoms with Gasteiger partial charge in [-0.25, -0.2) is 9.78 Å². The molecule has 1 aromatic carbocycles. The second kappa shape index (κ2) is 5.90. The van der Waals surface area contributed by atoms with Crippen molar-refractivity contribution in [3.63, 3.8) is 0 Å². The predicted molar refractivity (Wildman–Crippen MR) is 95.8 cm³/mol. The Hall–Kier alpha value is -3.42. The lowest BCUT2D eigenvalue weighted by molar-refractivity contribution is 0.102. The van der Waals surface area contributed by atoms with Gasteiger partial charge >= 0.3 is 5.69 Å². The summed E-state index contributed by atoms with van der Waals surface area (Å²) in [5.74, 6) is -0.506. The molecule has 1 amide bonds. The minimum atomic E-state index is -0.517. The van der Waals surface area contributed by atoms with E-state index in [4.69, 9.17) is 5.73 Å². The number of nitrogens with zero attached hydrogens (tertiary/aromatic N) is 3. The zero-order chi connectivity index (χ0) is 18.3. The van der Waals surface area contributed by atoms with E-state index >= 15 is 0 Å². The van der Waals surface area contributed by atoms with Gasteiger partial charge in [-0.3, -0.25) is 18.7 Å². The Morgan fingerprint density at radius 1 is 1.12 bits per heavy atom. The normalized spacial score (nSPS) is 10.8. The van der Waals surface area contributed by atoms with Crippen LogP contribution in [-0.2, 0) is 14.1 Å². The molecular weight excluding hydrogens is 322 g/mol. The van der Waals surface area contributed by atoms with E-state index in [1.807, 2.05) is 6.07 Å². The third-order valence-electron chi connectivity index (χ3n) is 4.12. The molecule has 0 bridgehead atoms. The Bertz CT molecular complexity index is 1110. The minimum absolute atomic E-state index is 0.0401. The van der Waals surface area contributed by atoms with Crippen molar-refractivity contribution < 1.29 is 4.79 Å². The molecule has 3 N–H and O–H groups in total. The van der Waals surface area contributed by atoms with Crippen LogP contribution in [0.25, 0.3) is 11.0 Å². The number of para-hydroxylation sites is 1. The Morgan fingerprint density at radius 2 is 1.76 bits per heavy atom. The van der Waals surface area contributed by atoms with Crippen LogP contribution in [0.2, 0.25) is 0 Å². The number of fused-ring (bicyclic) bond motifs is 1. The summed E-state index contributed by atoms with van der Waals surface area (Å²) in [6, 6.07) is 8.88. The quantitative estimate of drug-likeness (QED) is 0.716. The van der Waals surface area contributed by atoms with E-state index in [9.17, 15) is 14.4 Å². The van der Waals surface area contributed by atoms with Gasteiger partial charge in [-0.05, 0) is 24.6 Å². The number of hydrogen-bond donors (Lipinski definition) is 2. The summed E-state index contributed by atoms with van der Waals surface area (Å²) in [7, 11) is 2.88. The Kier molecular flexibility index (Phi) is 3.88. The number of amides is 1. The molecule has 25 heavy (non-hydrogen) atoms. The van der Waals surface area contributed by atoms with Gasteiger partial charge in [-0.15, -0.1) is 0 Å². The molecule has 8 heteroatoms. The molecule has 2 aromatic heterocycles. The molecule has 2 heterocycles. The molecular formula is C17H17N5O3. The van der Waals surface area contributed by atoms with E-state index in [2.05, 4.69) is 10.3 Å². The van der Waals surface area contributed by atoms with E-state index in [0.717, 1.165) is 4.57 Å². The van der Waals surface area contributed by atoms with Gasteiger partial charge < -0.3 is 11.1 Å². The Balaban J connectivity index is 2.25. The first kappa shape index (κ1) is 16.4. The van der Waals surface area contributed by atoms with Crippen LogP contribution in [0.4, 0.5) is 11.5 Å². The number of rotatable bonds is 2. The molecule has 0 aliphatic carbocycles. The third kappa shape index (κ3) is 2.57. The summed E-state index contributed by atoms with van der Waals surface area (Å²) in [5, 5.41) is 2.92. The number of pyridine rings is 1. The zero-order valence-electron chi connectivity index (χ0n) is 14.0. The summed E-state index contributed by atoms with van der Waals surface area (Å²) >= 11 is 0. The van der Waals surface area contributed by atoms with Crippen LogP contribution in [0.5, 0.6) is 0 Å². The summed E-state index contributed by atoms with van der Waals surface area (Å²) in [4.78, 5) is 41.3. The highest BCUT2D eigenvalue weighted by Gasteiger charge is 2.21. The number of nitrogens with two attached hydrogens (primary N) is 1. The standard InChI is InChI=1S/C17H17N5O3/c1-9-11(15(23)19-10-7-5-4-6-8-10)13(18)20-14-12(9)16(24)22(3)17(25)21(14)2/h4-8H,1-3H3,(H2,18,20)(H,19,23). The molecule has 0 fully saturated rings. The first-order chi connectivity index (χ1) is 11.8. The Morgan fingerprint density at radius 3 is 2.40 bits per heavy atom. The first-order valence-electron chi connectivity index (χ1n) is 7.55. The van der Waals surface area contributed by atoms with Gasteiger partial charge in [-0.2, -0.15) is 0 Å². The highest BCUT2D eigenvalue weighted by molar-refractivity contribution is 6.10. The van der Waals surface area contributed by atoms with E-state index < -0.39 is 17.2 Å². The molecule has 3 aromatic rings. The van der Waals surface area contributed by atoms with Gasteiger partial charge in [0, 0.05) is 19.8 Å². The third-order valence-corrected chi connectivity index (χ3v) is 4.12. The number of nitrogens with one attached hydrogen (secondary N) is 1. The lowest BCUT2D eigenvalue weighted by Crippen LogP contribution is -2.38. The van der Waals surface area contributed by atoms with Crippen molar-refractivity contribution in [3.8, 4) is 0 Å². The Labute approximate surface area is 142 Å². The van der Waals surface area contributed by atoms with Gasteiger partial charge in [0.25, 0.3) is 11.5 Å². The molecule has 0 unspecified atom stereocenters. The van der Waals surface area contributed by atoms with E-state index in [-0.39, 0.29) is 22.4 Å². The fourth-order valence-corrected chi connectivity index (χ4v) is 2.78. The van der Waals surface area contributed by atoms with Crippen LogP contribution < -0.4 is 22.3 Å². The average molecular weight is 339 g/mol. The average Bonchev–Trinajstić information content (AvgIpc) is 2.58. The summed E-state index contributed by atoms with van der Waals surface area (Å²) < 4.78 is 2.21. The van der Waals surface area contributed by atoms with Gasteiger partial charge in [-0.1, -0.05) is 18.2 Å². The van der Waals surface area contributed by atoms with Crippen LogP contribution in [0.15, 0.2) is 39.9 Å². The molecule has 3 rings (SSSR count). The van der Waals surface area contributed by atoms with Gasteiger partial charge in [0.2, 0.25) is 0 Å². The predicted octanol–water partition coefficient (Wildman–Crippen LogP) is 0.775. The van der Waals surface area contributed by atoms with Crippen molar-refractivity contribution in [1.29, 1.82) is 0 Å². The second-order valence-electron chi connectivity index (χ2n) is 5.72. The molecule has 0 aliphatic rings. The van der Waals surface area contributed by atoms with Crippen molar-refractivity contribution in [3.05, 3.63) is 62.3 Å². The molecule has 128 valence electrons. The smallest absolute Gasteiger partial charge is 0.332 e. The van der Waals surface area contributed by atoms with Crippen molar-refractivity contribution >= 4 is 28.4 Å². The van der Waals surface area contributed by atoms with Crippen molar-refractivity contribution in [1.82, 2.24) is 14.1 Å². The topological polar surface area (TPSA) is 112 Å². The fourth-order valence-electron chi connectivity index (χ4n) is 2.78. The van der Waals surface area contributed by atoms with Crippen molar-refractivity contribution in [2.24, 2.45) is 14.1 Å². The highest BCUT2D eigenvalue weighted by atomic mass is 16.2. The minimum Gasteiger partial charge on any atom is -0.383 e. The SMILES string of the molecule is Cc1c(C(=O)Nc2ccccc2)c(N)nc2c1c(=O)n(C)c(=O)n2C. The van der Waals surface area contributed by atoms with Crippen LogP contribution in [0.3, 0.4) is 0 Å². The maximum absolute atomic E-state index is 12.6. The summed E-state index contributed by atoms with van der Waals surface area (Å²) in [5.41, 5.74) is 6.18. The molecule has 0 saturated heterocycles. The number of carbonyl (C=O) groups excluding carboxylic acids is 1. The number of aromatic nitrogens is 3. The number of anilines is 2. The summed E-state index contributed by atoms with van der Waals surface area (Å²) in [6.07, 6.45) is 0. The van der Waals surface area contributed by atoms with Crippen LogP contribution >= 0.6 is 0 Å². The van der Waals surface area contributed by atoms with Crippen molar-refractivity contribution in [2.75, 3.05) is 11.1 Å². The van der Waals surface area contributed by atoms with E-state index in [1.54, 1.807) is 31.2 Å². The lowest BCUT2D eigenvalue weighted by atomic mass is 10.1. The molecule has 0 atom stereocenters. The molecule has 0 radical (unpaired) electrons. The van der Waals surface area contributed by atoms with E-state index in [1.165, 1.54) is 18.7 Å². The van der Waals surface area contributed by atoms with Gasteiger partial charge in [0.1, 0.15) is 5.82 Å². The van der Waals surface area contributed by atoms with Gasteiger partial charge in [0.05, 0.1) is 10.9 Å². The first-order valence-corrected chi connectivity index (χ1v) is 7.55. The monoisotopic (exact) mass is 339 g/mol. The number of aryl methyl sites for hydroxylation is 2. The number of nitrogen functional groups attached to an aromatic ring is 1. The molecule has 0 aliphatic heterocycles. The van der Waals surface area contributed by atoms with E-state index in [0.29, 0.717) is 11.3 Å². The number of benzene rings is 1. The second-order valence-corrected chi connectivity index (χ2v) is 5.72. The highest BCUT2D eigenvalue weighted by Crippen LogP contribution is 2.22. The van der Waals surface area contributed by atoms with Crippen LogP contribution in [0.1, 0.15) is 15.9 Å². The maximum Gasteiger partial charge on any atom is 0.332 e. The van der Waals surface area contributed by atoms with Gasteiger partial charge in [0.15, 0.2) is 5.65 Å². The maximum atomic E-state index is 12.6. The van der Waals surface area contributed by atoms with Crippen LogP contribution in [-0.4, -0.2) is 20.0 Å². The lowest BCUT2D eigenvalue weighted by Gasteiger charge is -2.14.